The van der Waals surface area contributed by atoms with Gasteiger partial charge >= 0.3 is 5.97 Å². The normalized spacial score (nSPS) is 12.2. The molecule has 112 valence electrons. The van der Waals surface area contributed by atoms with E-state index in [0.29, 0.717) is 19.5 Å². The molecule has 6 heteroatoms. The van der Waals surface area contributed by atoms with Crippen molar-refractivity contribution < 1.29 is 14.7 Å². The number of aryl methyl sites for hydroxylation is 3. The van der Waals surface area contributed by atoms with Gasteiger partial charge in [0.25, 0.3) is 0 Å². The van der Waals surface area contributed by atoms with E-state index in [-0.39, 0.29) is 18.2 Å². The topological polar surface area (TPSA) is 84.2 Å². The molecule has 0 saturated heterocycles. The van der Waals surface area contributed by atoms with Crippen LogP contribution in [0.3, 0.4) is 0 Å². The predicted octanol–water partition coefficient (Wildman–Crippen LogP) is 1.51. The van der Waals surface area contributed by atoms with Crippen molar-refractivity contribution in [3.8, 4) is 0 Å². The summed E-state index contributed by atoms with van der Waals surface area (Å²) in [7, 11) is 0. The molecule has 0 radical (unpaired) electrons. The smallest absolute Gasteiger partial charge is 0.303 e. The van der Waals surface area contributed by atoms with Gasteiger partial charge in [0.05, 0.1) is 5.69 Å². The number of aromatic nitrogens is 2. The molecule has 1 amide bonds. The molecule has 0 spiro atoms. The number of hydrogen-bond acceptors (Lipinski definition) is 3. The number of aliphatic carboxylic acids is 1. The fourth-order valence-electron chi connectivity index (χ4n) is 2.06. The molecule has 1 unspecified atom stereocenters. The number of carboxylic acid groups (broad SMARTS) is 1. The number of nitrogens with one attached hydrogen (secondary N) is 1. The number of amides is 1. The van der Waals surface area contributed by atoms with Gasteiger partial charge in [0.1, 0.15) is 0 Å². The Hall–Kier alpha value is -1.85. The van der Waals surface area contributed by atoms with E-state index < -0.39 is 5.97 Å². The van der Waals surface area contributed by atoms with Gasteiger partial charge in [-0.2, -0.15) is 5.10 Å². The summed E-state index contributed by atoms with van der Waals surface area (Å²) in [5.41, 5.74) is 1.98. The summed E-state index contributed by atoms with van der Waals surface area (Å²) in [6.45, 7) is 6.76. The van der Waals surface area contributed by atoms with Crippen LogP contribution in [0.2, 0.25) is 0 Å². The zero-order chi connectivity index (χ0) is 15.1. The molecule has 0 fully saturated rings. The molecule has 2 N–H and O–H groups in total. The van der Waals surface area contributed by atoms with Crippen LogP contribution in [0, 0.1) is 19.8 Å². The molecule has 1 rings (SSSR count). The molecule has 0 aliphatic heterocycles. The van der Waals surface area contributed by atoms with Crippen LogP contribution in [-0.4, -0.2) is 33.3 Å². The van der Waals surface area contributed by atoms with Gasteiger partial charge in [0.15, 0.2) is 0 Å². The molecular weight excluding hydrogens is 258 g/mol. The lowest BCUT2D eigenvalue weighted by Gasteiger charge is -2.13. The Morgan fingerprint density at radius 3 is 2.65 bits per heavy atom. The SMILES string of the molecule is CCC(CNC(=O)CCn1nc(C)cc1C)CC(=O)O. The van der Waals surface area contributed by atoms with Gasteiger partial charge < -0.3 is 10.4 Å². The predicted molar refractivity (Wildman–Crippen MR) is 75.4 cm³/mol. The lowest BCUT2D eigenvalue weighted by molar-refractivity contribution is -0.138. The summed E-state index contributed by atoms with van der Waals surface area (Å²) in [5.74, 6) is -0.903. The summed E-state index contributed by atoms with van der Waals surface area (Å²) in [4.78, 5) is 22.4. The number of carbonyl (C=O) groups is 2. The first-order valence-corrected chi connectivity index (χ1v) is 6.92. The number of hydrogen-bond donors (Lipinski definition) is 2. The molecule has 0 bridgehead atoms. The second-order valence-corrected chi connectivity index (χ2v) is 5.08. The largest absolute Gasteiger partial charge is 0.481 e. The quantitative estimate of drug-likeness (QED) is 0.756. The van der Waals surface area contributed by atoms with Gasteiger partial charge in [-0.1, -0.05) is 13.3 Å². The molecule has 0 aromatic carbocycles. The lowest BCUT2D eigenvalue weighted by atomic mass is 10.0. The maximum absolute atomic E-state index is 11.7. The molecule has 1 heterocycles. The Labute approximate surface area is 119 Å². The van der Waals surface area contributed by atoms with Crippen LogP contribution in [0.4, 0.5) is 0 Å². The minimum Gasteiger partial charge on any atom is -0.481 e. The standard InChI is InChI=1S/C14H23N3O3/c1-4-12(8-14(19)20)9-15-13(18)5-6-17-11(3)7-10(2)16-17/h7,12H,4-6,8-9H2,1-3H3,(H,15,18)(H,19,20). The van der Waals surface area contributed by atoms with Crippen molar-refractivity contribution in [1.29, 1.82) is 0 Å². The van der Waals surface area contributed by atoms with E-state index in [1.165, 1.54) is 0 Å². The Morgan fingerprint density at radius 1 is 1.45 bits per heavy atom. The maximum Gasteiger partial charge on any atom is 0.303 e. The van der Waals surface area contributed by atoms with Crippen LogP contribution in [0.5, 0.6) is 0 Å². The average molecular weight is 281 g/mol. The van der Waals surface area contributed by atoms with Gasteiger partial charge in [-0.05, 0) is 25.8 Å². The van der Waals surface area contributed by atoms with Gasteiger partial charge in [0, 0.05) is 31.6 Å². The van der Waals surface area contributed by atoms with Gasteiger partial charge in [-0.3, -0.25) is 14.3 Å². The number of nitrogens with zero attached hydrogens (tertiary/aromatic N) is 2. The van der Waals surface area contributed by atoms with Crippen molar-refractivity contribution in [2.24, 2.45) is 5.92 Å². The highest BCUT2D eigenvalue weighted by molar-refractivity contribution is 5.75. The second kappa shape index (κ2) is 7.67. The summed E-state index contributed by atoms with van der Waals surface area (Å²) >= 11 is 0. The van der Waals surface area contributed by atoms with Crippen molar-refractivity contribution in [3.05, 3.63) is 17.5 Å². The third-order valence-corrected chi connectivity index (χ3v) is 3.28. The molecule has 0 aliphatic rings. The van der Waals surface area contributed by atoms with E-state index in [0.717, 1.165) is 17.8 Å². The van der Waals surface area contributed by atoms with Crippen LogP contribution < -0.4 is 5.32 Å². The minimum absolute atomic E-state index is 0.00914. The van der Waals surface area contributed by atoms with E-state index in [9.17, 15) is 9.59 Å². The van der Waals surface area contributed by atoms with E-state index >= 15 is 0 Å². The lowest BCUT2D eigenvalue weighted by Crippen LogP contribution is -2.30. The Kier molecular flexibility index (Phi) is 6.21. The minimum atomic E-state index is -0.825. The highest BCUT2D eigenvalue weighted by Crippen LogP contribution is 2.07. The summed E-state index contributed by atoms with van der Waals surface area (Å²) in [6, 6.07) is 1.97. The number of carboxylic acids is 1. The first-order chi connectivity index (χ1) is 9.42. The van der Waals surface area contributed by atoms with E-state index in [1.807, 2.05) is 31.5 Å². The zero-order valence-corrected chi connectivity index (χ0v) is 12.3. The summed E-state index contributed by atoms with van der Waals surface area (Å²) in [6.07, 6.45) is 1.18. The first kappa shape index (κ1) is 16.2. The van der Waals surface area contributed by atoms with Crippen molar-refractivity contribution in [1.82, 2.24) is 15.1 Å². The molecular formula is C14H23N3O3. The van der Waals surface area contributed by atoms with Crippen LogP contribution in [0.1, 0.15) is 37.6 Å². The van der Waals surface area contributed by atoms with Gasteiger partial charge in [0.2, 0.25) is 5.91 Å². The highest BCUT2D eigenvalue weighted by Gasteiger charge is 2.12. The Morgan fingerprint density at radius 2 is 2.15 bits per heavy atom. The fraction of sp³-hybridized carbons (Fsp3) is 0.643. The number of rotatable bonds is 8. The van der Waals surface area contributed by atoms with Crippen LogP contribution in [0.25, 0.3) is 0 Å². The fourth-order valence-corrected chi connectivity index (χ4v) is 2.06. The van der Waals surface area contributed by atoms with E-state index in [2.05, 4.69) is 10.4 Å². The molecule has 0 aliphatic carbocycles. The zero-order valence-electron chi connectivity index (χ0n) is 12.3. The Bertz CT molecular complexity index is 468. The highest BCUT2D eigenvalue weighted by atomic mass is 16.4. The summed E-state index contributed by atoms with van der Waals surface area (Å²) < 4.78 is 1.81. The average Bonchev–Trinajstić information content (AvgIpc) is 2.70. The molecule has 1 atom stereocenters. The molecule has 0 saturated carbocycles. The second-order valence-electron chi connectivity index (χ2n) is 5.08. The molecule has 6 nitrogen and oxygen atoms in total. The first-order valence-electron chi connectivity index (χ1n) is 6.92. The van der Waals surface area contributed by atoms with Crippen molar-refractivity contribution in [2.45, 2.75) is 46.6 Å². The molecule has 1 aromatic heterocycles. The molecule has 1 aromatic rings. The monoisotopic (exact) mass is 281 g/mol. The Balaban J connectivity index is 2.33. The van der Waals surface area contributed by atoms with Crippen LogP contribution in [0.15, 0.2) is 6.07 Å². The summed E-state index contributed by atoms with van der Waals surface area (Å²) in [5, 5.41) is 15.8. The maximum atomic E-state index is 11.7. The van der Waals surface area contributed by atoms with Crippen molar-refractivity contribution in [2.75, 3.05) is 6.54 Å². The van der Waals surface area contributed by atoms with Gasteiger partial charge in [-0.25, -0.2) is 0 Å². The van der Waals surface area contributed by atoms with Crippen LogP contribution >= 0.6 is 0 Å². The van der Waals surface area contributed by atoms with Crippen molar-refractivity contribution >= 4 is 11.9 Å². The third-order valence-electron chi connectivity index (χ3n) is 3.28. The number of carbonyl (C=O) groups excluding carboxylic acids is 1. The molecule has 20 heavy (non-hydrogen) atoms. The van der Waals surface area contributed by atoms with E-state index in [4.69, 9.17) is 5.11 Å². The van der Waals surface area contributed by atoms with E-state index in [1.54, 1.807) is 0 Å². The van der Waals surface area contributed by atoms with Crippen LogP contribution in [-0.2, 0) is 16.1 Å². The van der Waals surface area contributed by atoms with Crippen molar-refractivity contribution in [3.63, 3.8) is 0 Å². The van der Waals surface area contributed by atoms with Gasteiger partial charge in [-0.15, -0.1) is 0 Å². The third kappa shape index (κ3) is 5.42.